The lowest BCUT2D eigenvalue weighted by Crippen LogP contribution is -2.42. The molecule has 0 spiro atoms. The fourth-order valence-electron chi connectivity index (χ4n) is 4.14. The SMILES string of the molecule is COC(=O)c1c(NC(=O)C2CCN(C(=O)C3CC3)CC2)sc2c1CCCC2. The zero-order valence-electron chi connectivity index (χ0n) is 15.7. The molecule has 4 rings (SSSR count). The monoisotopic (exact) mass is 390 g/mol. The Kier molecular flexibility index (Phi) is 5.21. The van der Waals surface area contributed by atoms with Gasteiger partial charge >= 0.3 is 5.97 Å². The number of fused-ring (bicyclic) bond motifs is 1. The van der Waals surface area contributed by atoms with Crippen molar-refractivity contribution in [1.82, 2.24) is 4.90 Å². The first-order valence-corrected chi connectivity index (χ1v) is 10.7. The predicted octanol–water partition coefficient (Wildman–Crippen LogP) is 3.00. The van der Waals surface area contributed by atoms with E-state index in [0.29, 0.717) is 36.5 Å². The lowest BCUT2D eigenvalue weighted by atomic mass is 9.94. The molecule has 0 unspecified atom stereocenters. The third-order valence-corrected chi connectivity index (χ3v) is 7.11. The fourth-order valence-corrected chi connectivity index (χ4v) is 5.42. The van der Waals surface area contributed by atoms with E-state index in [9.17, 15) is 14.4 Å². The zero-order valence-corrected chi connectivity index (χ0v) is 16.5. The number of rotatable bonds is 4. The number of thiophene rings is 1. The lowest BCUT2D eigenvalue weighted by Gasteiger charge is -2.31. The number of hydrogen-bond acceptors (Lipinski definition) is 5. The van der Waals surface area contributed by atoms with Gasteiger partial charge in [-0.2, -0.15) is 0 Å². The maximum absolute atomic E-state index is 12.8. The summed E-state index contributed by atoms with van der Waals surface area (Å²) < 4.78 is 4.97. The minimum absolute atomic E-state index is 0.0442. The van der Waals surface area contributed by atoms with E-state index < -0.39 is 0 Å². The Hall–Kier alpha value is -1.89. The number of ether oxygens (including phenoxy) is 1. The number of esters is 1. The minimum Gasteiger partial charge on any atom is -0.465 e. The third kappa shape index (κ3) is 3.74. The number of amides is 2. The molecule has 1 N–H and O–H groups in total. The van der Waals surface area contributed by atoms with Crippen molar-refractivity contribution in [2.24, 2.45) is 11.8 Å². The lowest BCUT2D eigenvalue weighted by molar-refractivity contribution is -0.135. The van der Waals surface area contributed by atoms with E-state index in [0.717, 1.165) is 44.1 Å². The van der Waals surface area contributed by atoms with Crippen molar-refractivity contribution in [2.75, 3.05) is 25.5 Å². The number of likely N-dealkylation sites (tertiary alicyclic amines) is 1. The van der Waals surface area contributed by atoms with Gasteiger partial charge in [-0.05, 0) is 56.9 Å². The van der Waals surface area contributed by atoms with Gasteiger partial charge in [0.05, 0.1) is 12.7 Å². The molecule has 0 radical (unpaired) electrons. The third-order valence-electron chi connectivity index (χ3n) is 5.90. The highest BCUT2D eigenvalue weighted by molar-refractivity contribution is 7.17. The highest BCUT2D eigenvalue weighted by atomic mass is 32.1. The summed E-state index contributed by atoms with van der Waals surface area (Å²) in [6, 6.07) is 0. The van der Waals surface area contributed by atoms with Crippen LogP contribution >= 0.6 is 11.3 Å². The molecule has 0 atom stereocenters. The summed E-state index contributed by atoms with van der Waals surface area (Å²) in [4.78, 5) is 40.4. The maximum Gasteiger partial charge on any atom is 0.341 e. The second-order valence-corrected chi connectivity index (χ2v) is 8.87. The molecular weight excluding hydrogens is 364 g/mol. The van der Waals surface area contributed by atoms with Gasteiger partial charge in [0.25, 0.3) is 0 Å². The molecule has 1 saturated carbocycles. The smallest absolute Gasteiger partial charge is 0.341 e. The molecule has 2 amide bonds. The molecule has 1 saturated heterocycles. The Morgan fingerprint density at radius 2 is 1.74 bits per heavy atom. The Morgan fingerprint density at radius 3 is 2.41 bits per heavy atom. The van der Waals surface area contributed by atoms with Crippen LogP contribution < -0.4 is 5.32 Å². The molecule has 1 aliphatic heterocycles. The largest absolute Gasteiger partial charge is 0.465 e. The maximum atomic E-state index is 12.8. The van der Waals surface area contributed by atoms with Crippen LogP contribution in [0.15, 0.2) is 0 Å². The van der Waals surface area contributed by atoms with Crippen molar-refractivity contribution in [1.29, 1.82) is 0 Å². The average molecular weight is 391 g/mol. The number of anilines is 1. The van der Waals surface area contributed by atoms with Gasteiger partial charge < -0.3 is 15.0 Å². The van der Waals surface area contributed by atoms with Crippen LogP contribution in [0.2, 0.25) is 0 Å². The normalized spacial score (nSPS) is 20.1. The van der Waals surface area contributed by atoms with E-state index >= 15 is 0 Å². The summed E-state index contributed by atoms with van der Waals surface area (Å²) in [5.41, 5.74) is 1.60. The molecular formula is C20H26N2O4S. The van der Waals surface area contributed by atoms with Gasteiger partial charge in [0.2, 0.25) is 11.8 Å². The van der Waals surface area contributed by atoms with Crippen molar-refractivity contribution in [2.45, 2.75) is 51.4 Å². The van der Waals surface area contributed by atoms with Gasteiger partial charge in [-0.25, -0.2) is 4.79 Å². The predicted molar refractivity (Wildman–Crippen MR) is 103 cm³/mol. The van der Waals surface area contributed by atoms with Crippen LogP contribution in [0, 0.1) is 11.8 Å². The Bertz CT molecular complexity index is 760. The quantitative estimate of drug-likeness (QED) is 0.802. The minimum atomic E-state index is -0.366. The number of carbonyl (C=O) groups excluding carboxylic acids is 3. The number of hydrogen-bond donors (Lipinski definition) is 1. The second kappa shape index (κ2) is 7.62. The number of methoxy groups -OCH3 is 1. The molecule has 3 aliphatic rings. The molecule has 1 aromatic rings. The van der Waals surface area contributed by atoms with Gasteiger partial charge in [-0.3, -0.25) is 9.59 Å². The van der Waals surface area contributed by atoms with Crippen molar-refractivity contribution in [3.05, 3.63) is 16.0 Å². The van der Waals surface area contributed by atoms with Crippen LogP contribution in [0.4, 0.5) is 5.00 Å². The van der Waals surface area contributed by atoms with Crippen LogP contribution in [-0.4, -0.2) is 42.9 Å². The summed E-state index contributed by atoms with van der Waals surface area (Å²) in [6.07, 6.45) is 7.40. The van der Waals surface area contributed by atoms with Crippen LogP contribution in [0.1, 0.15) is 59.3 Å². The summed E-state index contributed by atoms with van der Waals surface area (Å²) in [6.45, 7) is 1.30. The van der Waals surface area contributed by atoms with Crippen molar-refractivity contribution >= 4 is 34.1 Å². The first-order valence-electron chi connectivity index (χ1n) is 9.91. The number of piperidine rings is 1. The average Bonchev–Trinajstić information content (AvgIpc) is 3.48. The first kappa shape index (κ1) is 18.5. The van der Waals surface area contributed by atoms with Crippen LogP contribution in [-0.2, 0) is 27.2 Å². The molecule has 0 aromatic carbocycles. The molecule has 6 nitrogen and oxygen atoms in total. The molecule has 146 valence electrons. The van der Waals surface area contributed by atoms with E-state index in [1.54, 1.807) is 0 Å². The van der Waals surface area contributed by atoms with E-state index in [1.807, 2.05) is 4.90 Å². The van der Waals surface area contributed by atoms with Gasteiger partial charge in [-0.15, -0.1) is 11.3 Å². The van der Waals surface area contributed by atoms with Crippen molar-refractivity contribution in [3.63, 3.8) is 0 Å². The standard InChI is InChI=1S/C20H26N2O4S/c1-26-20(25)16-14-4-2-3-5-15(14)27-18(16)21-17(23)12-8-10-22(11-9-12)19(24)13-6-7-13/h12-13H,2-11H2,1H3,(H,21,23). The number of aryl methyl sites for hydroxylation is 1. The van der Waals surface area contributed by atoms with Gasteiger partial charge in [-0.1, -0.05) is 0 Å². The van der Waals surface area contributed by atoms with E-state index in [4.69, 9.17) is 4.74 Å². The summed E-state index contributed by atoms with van der Waals surface area (Å²) in [5, 5.41) is 3.64. The summed E-state index contributed by atoms with van der Waals surface area (Å²) in [5.74, 6) is -0.0344. The summed E-state index contributed by atoms with van der Waals surface area (Å²) in [7, 11) is 1.38. The molecule has 27 heavy (non-hydrogen) atoms. The molecule has 2 aliphatic carbocycles. The highest BCUT2D eigenvalue weighted by Gasteiger charge is 2.36. The first-order chi connectivity index (χ1) is 13.1. The number of nitrogens with one attached hydrogen (secondary N) is 1. The number of nitrogens with zero attached hydrogens (tertiary/aromatic N) is 1. The van der Waals surface area contributed by atoms with E-state index in [2.05, 4.69) is 5.32 Å². The Labute approximate surface area is 163 Å². The summed E-state index contributed by atoms with van der Waals surface area (Å²) >= 11 is 1.52. The number of carbonyl (C=O) groups is 3. The Balaban J connectivity index is 1.43. The van der Waals surface area contributed by atoms with Crippen LogP contribution in [0.25, 0.3) is 0 Å². The van der Waals surface area contributed by atoms with E-state index in [-0.39, 0.29) is 29.6 Å². The topological polar surface area (TPSA) is 75.7 Å². The van der Waals surface area contributed by atoms with Crippen LogP contribution in [0.5, 0.6) is 0 Å². The Morgan fingerprint density at radius 1 is 1.04 bits per heavy atom. The molecule has 2 fully saturated rings. The van der Waals surface area contributed by atoms with Gasteiger partial charge in [0, 0.05) is 29.8 Å². The molecule has 2 heterocycles. The zero-order chi connectivity index (χ0) is 19.0. The molecule has 0 bridgehead atoms. The van der Waals surface area contributed by atoms with E-state index in [1.165, 1.54) is 23.3 Å². The fraction of sp³-hybridized carbons (Fsp3) is 0.650. The van der Waals surface area contributed by atoms with Gasteiger partial charge in [0.15, 0.2) is 0 Å². The van der Waals surface area contributed by atoms with Crippen LogP contribution in [0.3, 0.4) is 0 Å². The van der Waals surface area contributed by atoms with Gasteiger partial charge in [0.1, 0.15) is 5.00 Å². The van der Waals surface area contributed by atoms with Crippen molar-refractivity contribution < 1.29 is 19.1 Å². The molecule has 1 aromatic heterocycles. The molecule has 7 heteroatoms. The highest BCUT2D eigenvalue weighted by Crippen LogP contribution is 2.39. The second-order valence-electron chi connectivity index (χ2n) is 7.77. The van der Waals surface area contributed by atoms with Crippen molar-refractivity contribution in [3.8, 4) is 0 Å².